The third kappa shape index (κ3) is 5.81. The van der Waals surface area contributed by atoms with Gasteiger partial charge in [-0.3, -0.25) is 19.8 Å². The number of hydrogen-bond acceptors (Lipinski definition) is 7. The minimum Gasteiger partial charge on any atom is -0.494 e. The van der Waals surface area contributed by atoms with E-state index in [1.807, 2.05) is 29.2 Å². The second kappa shape index (κ2) is 10.2. The minimum absolute atomic E-state index is 0.0445. The quantitative estimate of drug-likeness (QED) is 0.317. The summed E-state index contributed by atoms with van der Waals surface area (Å²) in [5.41, 5.74) is 1.31. The topological polar surface area (TPSA) is 112 Å². The second-order valence-electron chi connectivity index (χ2n) is 7.05. The Kier molecular flexibility index (Phi) is 7.19. The summed E-state index contributed by atoms with van der Waals surface area (Å²) in [7, 11) is 1.35. The number of nitrogens with one attached hydrogen (secondary N) is 1. The van der Waals surface area contributed by atoms with Crippen LogP contribution in [0.25, 0.3) is 0 Å². The van der Waals surface area contributed by atoms with E-state index in [1.165, 1.54) is 30.9 Å². The summed E-state index contributed by atoms with van der Waals surface area (Å²) in [5.74, 6) is -0.448. The van der Waals surface area contributed by atoms with E-state index < -0.39 is 10.8 Å². The predicted molar refractivity (Wildman–Crippen MR) is 115 cm³/mol. The molecular formula is C22H23N5O4. The van der Waals surface area contributed by atoms with E-state index in [0.29, 0.717) is 13.1 Å². The molecule has 0 unspecified atom stereocenters. The normalized spacial score (nSPS) is 14.6. The predicted octanol–water partition coefficient (Wildman–Crippen LogP) is 2.77. The van der Waals surface area contributed by atoms with E-state index in [1.54, 1.807) is 6.20 Å². The van der Waals surface area contributed by atoms with Gasteiger partial charge in [-0.1, -0.05) is 30.3 Å². The number of carbonyl (C=O) groups excluding carboxylic acids is 1. The monoisotopic (exact) mass is 421 g/mol. The van der Waals surface area contributed by atoms with Crippen molar-refractivity contribution in [3.63, 3.8) is 0 Å². The molecule has 0 aromatic heterocycles. The van der Waals surface area contributed by atoms with Gasteiger partial charge in [0.25, 0.3) is 11.6 Å². The molecule has 0 radical (unpaired) electrons. The fourth-order valence-electron chi connectivity index (χ4n) is 3.30. The molecule has 0 saturated carbocycles. The lowest BCUT2D eigenvalue weighted by Gasteiger charge is -2.34. The number of methoxy groups -OCH3 is 1. The Morgan fingerprint density at radius 1 is 1.23 bits per heavy atom. The number of anilines is 1. The van der Waals surface area contributed by atoms with Crippen LogP contribution in [0.1, 0.15) is 5.56 Å². The second-order valence-corrected chi connectivity index (χ2v) is 7.05. The van der Waals surface area contributed by atoms with Crippen LogP contribution in [0.15, 0.2) is 60.3 Å². The lowest BCUT2D eigenvalue weighted by atomic mass is 10.2. The number of amides is 1. The molecule has 0 spiro atoms. The molecule has 0 aliphatic carbocycles. The summed E-state index contributed by atoms with van der Waals surface area (Å²) in [6.07, 6.45) is 1.56. The van der Waals surface area contributed by atoms with E-state index in [9.17, 15) is 20.2 Å². The summed E-state index contributed by atoms with van der Waals surface area (Å²) in [5, 5.41) is 23.0. The molecule has 31 heavy (non-hydrogen) atoms. The van der Waals surface area contributed by atoms with Gasteiger partial charge in [0.1, 0.15) is 17.4 Å². The van der Waals surface area contributed by atoms with Crippen molar-refractivity contribution in [2.45, 2.75) is 6.54 Å². The molecule has 0 atom stereocenters. The Bertz CT molecular complexity index is 1010. The number of nitro groups is 1. The summed E-state index contributed by atoms with van der Waals surface area (Å²) < 4.78 is 5.12. The first-order valence-corrected chi connectivity index (χ1v) is 9.76. The fourth-order valence-corrected chi connectivity index (χ4v) is 3.30. The van der Waals surface area contributed by atoms with Crippen molar-refractivity contribution in [1.29, 1.82) is 5.26 Å². The molecule has 2 aromatic rings. The third-order valence-electron chi connectivity index (χ3n) is 4.98. The number of carbonyl (C=O) groups is 1. The molecule has 1 N–H and O–H groups in total. The van der Waals surface area contributed by atoms with Gasteiger partial charge in [-0.15, -0.1) is 0 Å². The zero-order valence-electron chi connectivity index (χ0n) is 17.2. The lowest BCUT2D eigenvalue weighted by molar-refractivity contribution is -0.384. The Morgan fingerprint density at radius 2 is 1.94 bits per heavy atom. The van der Waals surface area contributed by atoms with Crippen LogP contribution in [0.3, 0.4) is 0 Å². The SMILES string of the molecule is COc1cc([N+](=O)[O-])ccc1NC(=O)/C(C#N)=C\N1CCN(Cc2ccccc2)CC1. The number of nitriles is 1. The maximum Gasteiger partial charge on any atom is 0.273 e. The van der Waals surface area contributed by atoms with Crippen LogP contribution in [0.4, 0.5) is 11.4 Å². The van der Waals surface area contributed by atoms with Crippen LogP contribution in [0.5, 0.6) is 5.75 Å². The first-order valence-electron chi connectivity index (χ1n) is 9.76. The smallest absolute Gasteiger partial charge is 0.273 e. The first-order chi connectivity index (χ1) is 15.0. The molecule has 1 aliphatic heterocycles. The van der Waals surface area contributed by atoms with E-state index in [4.69, 9.17) is 4.74 Å². The number of hydrogen-bond donors (Lipinski definition) is 1. The van der Waals surface area contributed by atoms with Crippen LogP contribution in [-0.4, -0.2) is 53.9 Å². The summed E-state index contributed by atoms with van der Waals surface area (Å²) in [4.78, 5) is 27.2. The maximum absolute atomic E-state index is 12.6. The number of benzene rings is 2. The zero-order valence-corrected chi connectivity index (χ0v) is 17.2. The highest BCUT2D eigenvalue weighted by Gasteiger charge is 2.19. The number of non-ortho nitro benzene ring substituents is 1. The molecule has 1 amide bonds. The highest BCUT2D eigenvalue weighted by molar-refractivity contribution is 6.07. The number of nitrogens with zero attached hydrogens (tertiary/aromatic N) is 4. The van der Waals surface area contributed by atoms with Crippen LogP contribution in [-0.2, 0) is 11.3 Å². The van der Waals surface area contributed by atoms with Crippen LogP contribution >= 0.6 is 0 Å². The molecule has 160 valence electrons. The molecule has 1 fully saturated rings. The molecule has 9 nitrogen and oxygen atoms in total. The average Bonchev–Trinajstić information content (AvgIpc) is 2.79. The molecule has 2 aromatic carbocycles. The Labute approximate surface area is 180 Å². The highest BCUT2D eigenvalue weighted by atomic mass is 16.6. The van der Waals surface area contributed by atoms with Gasteiger partial charge in [-0.25, -0.2) is 0 Å². The molecule has 1 saturated heterocycles. The Hall–Kier alpha value is -3.90. The standard InChI is InChI=1S/C22H23N5O4/c1-31-21-13-19(27(29)30)7-8-20(21)24-22(28)18(14-23)16-26-11-9-25(10-12-26)15-17-5-3-2-4-6-17/h2-8,13,16H,9-12,15H2,1H3,(H,24,28)/b18-16-. The van der Waals surface area contributed by atoms with Crippen LogP contribution in [0.2, 0.25) is 0 Å². The van der Waals surface area contributed by atoms with Crippen molar-refractivity contribution in [3.8, 4) is 11.8 Å². The molecule has 1 aliphatic rings. The van der Waals surface area contributed by atoms with Gasteiger partial charge in [0.15, 0.2) is 0 Å². The highest BCUT2D eigenvalue weighted by Crippen LogP contribution is 2.29. The van der Waals surface area contributed by atoms with Crippen molar-refractivity contribution in [2.75, 3.05) is 38.6 Å². The van der Waals surface area contributed by atoms with E-state index in [0.717, 1.165) is 19.6 Å². The van der Waals surface area contributed by atoms with Crippen molar-refractivity contribution < 1.29 is 14.5 Å². The van der Waals surface area contributed by atoms with Crippen molar-refractivity contribution in [3.05, 3.63) is 76.0 Å². The average molecular weight is 421 g/mol. The van der Waals surface area contributed by atoms with Gasteiger partial charge >= 0.3 is 0 Å². The first kappa shape index (κ1) is 21.8. The zero-order chi connectivity index (χ0) is 22.2. The van der Waals surface area contributed by atoms with E-state index in [-0.39, 0.29) is 22.7 Å². The lowest BCUT2D eigenvalue weighted by Crippen LogP contribution is -2.43. The van der Waals surface area contributed by atoms with Crippen molar-refractivity contribution in [1.82, 2.24) is 9.80 Å². The maximum atomic E-state index is 12.6. The van der Waals surface area contributed by atoms with Gasteiger partial charge in [-0.05, 0) is 11.6 Å². The largest absolute Gasteiger partial charge is 0.494 e. The van der Waals surface area contributed by atoms with Gasteiger partial charge in [0.05, 0.1) is 23.8 Å². The van der Waals surface area contributed by atoms with E-state index in [2.05, 4.69) is 22.3 Å². The van der Waals surface area contributed by atoms with Crippen molar-refractivity contribution >= 4 is 17.3 Å². The van der Waals surface area contributed by atoms with Gasteiger partial charge in [0, 0.05) is 45.0 Å². The summed E-state index contributed by atoms with van der Waals surface area (Å²) in [6, 6.07) is 16.0. The minimum atomic E-state index is -0.596. The van der Waals surface area contributed by atoms with Crippen LogP contribution in [0, 0.1) is 21.4 Å². The van der Waals surface area contributed by atoms with E-state index >= 15 is 0 Å². The molecular weight excluding hydrogens is 398 g/mol. The fraction of sp³-hybridized carbons (Fsp3) is 0.273. The number of piperazine rings is 1. The van der Waals surface area contributed by atoms with Gasteiger partial charge in [0.2, 0.25) is 0 Å². The number of nitro benzene ring substituents is 1. The number of ether oxygens (including phenoxy) is 1. The summed E-state index contributed by atoms with van der Waals surface area (Å²) >= 11 is 0. The molecule has 9 heteroatoms. The molecule has 0 bridgehead atoms. The van der Waals surface area contributed by atoms with Gasteiger partial charge < -0.3 is 15.0 Å². The van der Waals surface area contributed by atoms with Gasteiger partial charge in [-0.2, -0.15) is 5.26 Å². The van der Waals surface area contributed by atoms with Crippen LogP contribution < -0.4 is 10.1 Å². The number of rotatable bonds is 7. The Morgan fingerprint density at radius 3 is 2.55 bits per heavy atom. The molecule has 1 heterocycles. The Balaban J connectivity index is 1.61. The molecule has 3 rings (SSSR count). The third-order valence-corrected chi connectivity index (χ3v) is 4.98. The summed E-state index contributed by atoms with van der Waals surface area (Å²) in [6.45, 7) is 3.91. The van der Waals surface area contributed by atoms with Crippen molar-refractivity contribution in [2.24, 2.45) is 0 Å².